The van der Waals surface area contributed by atoms with Gasteiger partial charge in [-0.25, -0.2) is 0 Å². The lowest BCUT2D eigenvalue weighted by Crippen LogP contribution is -1.99. The molecule has 0 aliphatic rings. The number of ether oxygens (including phenoxy) is 1. The lowest BCUT2D eigenvalue weighted by Gasteiger charge is -2.05. The smallest absolute Gasteiger partial charge is 0.159 e. The lowest BCUT2D eigenvalue weighted by atomic mass is 10.1. The van der Waals surface area contributed by atoms with Crippen molar-refractivity contribution in [3.05, 3.63) is 29.8 Å². The van der Waals surface area contributed by atoms with Crippen molar-refractivity contribution in [2.75, 3.05) is 11.9 Å². The van der Waals surface area contributed by atoms with Crippen LogP contribution in [0.5, 0.6) is 5.75 Å². The molecule has 0 aromatic heterocycles. The van der Waals surface area contributed by atoms with E-state index in [1.807, 2.05) is 12.1 Å². The van der Waals surface area contributed by atoms with Gasteiger partial charge in [0.15, 0.2) is 5.78 Å². The van der Waals surface area contributed by atoms with E-state index in [1.165, 1.54) is 0 Å². The van der Waals surface area contributed by atoms with Gasteiger partial charge in [0.2, 0.25) is 0 Å². The monoisotopic (exact) mass is 256 g/mol. The second-order valence-electron chi connectivity index (χ2n) is 2.98. The molecule has 1 aromatic rings. The number of ketones is 1. The number of alkyl halides is 1. The van der Waals surface area contributed by atoms with Gasteiger partial charge in [-0.2, -0.15) is 0 Å². The fourth-order valence-electron chi connectivity index (χ4n) is 1.05. The molecule has 0 unspecified atom stereocenters. The summed E-state index contributed by atoms with van der Waals surface area (Å²) >= 11 is 3.33. The van der Waals surface area contributed by atoms with Crippen molar-refractivity contribution in [2.45, 2.75) is 13.3 Å². The summed E-state index contributed by atoms with van der Waals surface area (Å²) in [4.78, 5) is 11.1. The first-order valence-electron chi connectivity index (χ1n) is 4.54. The van der Waals surface area contributed by atoms with E-state index in [9.17, 15) is 4.79 Å². The minimum absolute atomic E-state index is 0.0657. The number of halogens is 1. The van der Waals surface area contributed by atoms with Crippen molar-refractivity contribution in [2.24, 2.45) is 0 Å². The Labute approximate surface area is 92.4 Å². The van der Waals surface area contributed by atoms with Gasteiger partial charge in [0.05, 0.1) is 6.61 Å². The summed E-state index contributed by atoms with van der Waals surface area (Å²) in [5.74, 6) is 0.828. The van der Waals surface area contributed by atoms with Crippen molar-refractivity contribution in [3.63, 3.8) is 0 Å². The molecule has 1 rings (SSSR count). The van der Waals surface area contributed by atoms with Crippen molar-refractivity contribution < 1.29 is 9.53 Å². The minimum atomic E-state index is 0.0657. The maximum atomic E-state index is 11.1. The number of rotatable bonds is 5. The van der Waals surface area contributed by atoms with E-state index in [4.69, 9.17) is 4.74 Å². The molecular formula is C11H13BrO2. The Kier molecular flexibility index (Phi) is 4.66. The molecule has 0 aliphatic heterocycles. The molecule has 0 aliphatic carbocycles. The average molecular weight is 257 g/mol. The summed E-state index contributed by atoms with van der Waals surface area (Å²) in [5, 5.41) is 0.930. The molecule has 76 valence electrons. The van der Waals surface area contributed by atoms with E-state index in [-0.39, 0.29) is 5.78 Å². The summed E-state index contributed by atoms with van der Waals surface area (Å²) in [7, 11) is 0. The van der Waals surface area contributed by atoms with Crippen LogP contribution in [0, 0.1) is 0 Å². The Bertz CT molecular complexity index is 310. The predicted molar refractivity (Wildman–Crippen MR) is 60.4 cm³/mol. The van der Waals surface area contributed by atoms with Crippen LogP contribution >= 0.6 is 15.9 Å². The molecular weight excluding hydrogens is 244 g/mol. The molecule has 0 amide bonds. The standard InChI is InChI=1S/C11H13BrO2/c1-9(13)10-4-2-5-11(8-10)14-7-3-6-12/h2,4-5,8H,3,6-7H2,1H3. The Morgan fingerprint density at radius 1 is 1.50 bits per heavy atom. The van der Waals surface area contributed by atoms with E-state index in [0.29, 0.717) is 12.2 Å². The summed E-state index contributed by atoms with van der Waals surface area (Å²) in [6.45, 7) is 2.23. The lowest BCUT2D eigenvalue weighted by molar-refractivity contribution is 0.101. The quantitative estimate of drug-likeness (QED) is 0.460. The number of hydrogen-bond donors (Lipinski definition) is 0. The van der Waals surface area contributed by atoms with E-state index >= 15 is 0 Å². The first kappa shape index (κ1) is 11.2. The topological polar surface area (TPSA) is 26.3 Å². The number of carbonyl (C=O) groups excluding carboxylic acids is 1. The van der Waals surface area contributed by atoms with Crippen molar-refractivity contribution >= 4 is 21.7 Å². The second-order valence-corrected chi connectivity index (χ2v) is 3.77. The summed E-state index contributed by atoms with van der Waals surface area (Å²) in [6.07, 6.45) is 0.963. The molecule has 0 atom stereocenters. The molecule has 3 heteroatoms. The van der Waals surface area contributed by atoms with E-state index in [0.717, 1.165) is 17.5 Å². The number of Topliss-reactive ketones (excluding diaryl/α,β-unsaturated/α-hetero) is 1. The van der Waals surface area contributed by atoms with Crippen molar-refractivity contribution in [1.82, 2.24) is 0 Å². The fourth-order valence-corrected chi connectivity index (χ4v) is 1.28. The molecule has 0 saturated carbocycles. The first-order valence-corrected chi connectivity index (χ1v) is 5.66. The third-order valence-corrected chi connectivity index (χ3v) is 2.35. The number of carbonyl (C=O) groups is 1. The summed E-state index contributed by atoms with van der Waals surface area (Å²) in [6, 6.07) is 7.26. The molecule has 0 saturated heterocycles. The Hall–Kier alpha value is -0.830. The molecule has 0 fully saturated rings. The molecule has 1 aromatic carbocycles. The third kappa shape index (κ3) is 3.50. The molecule has 0 spiro atoms. The minimum Gasteiger partial charge on any atom is -0.494 e. The van der Waals surface area contributed by atoms with Gasteiger partial charge in [0.1, 0.15) is 5.75 Å². The summed E-state index contributed by atoms with van der Waals surface area (Å²) < 4.78 is 5.46. The van der Waals surface area contributed by atoms with Gasteiger partial charge in [-0.15, -0.1) is 0 Å². The molecule has 0 N–H and O–H groups in total. The Balaban J connectivity index is 2.59. The van der Waals surface area contributed by atoms with Crippen LogP contribution in [0.2, 0.25) is 0 Å². The molecule has 2 nitrogen and oxygen atoms in total. The van der Waals surface area contributed by atoms with Crippen LogP contribution in [0.4, 0.5) is 0 Å². The highest BCUT2D eigenvalue weighted by atomic mass is 79.9. The molecule has 0 radical (unpaired) electrons. The zero-order chi connectivity index (χ0) is 10.4. The van der Waals surface area contributed by atoms with Gasteiger partial charge < -0.3 is 4.74 Å². The maximum Gasteiger partial charge on any atom is 0.159 e. The zero-order valence-electron chi connectivity index (χ0n) is 8.13. The zero-order valence-corrected chi connectivity index (χ0v) is 9.71. The highest BCUT2D eigenvalue weighted by Gasteiger charge is 2.00. The SMILES string of the molecule is CC(=O)c1cccc(OCCCBr)c1. The van der Waals surface area contributed by atoms with Crippen LogP contribution in [0.25, 0.3) is 0 Å². The predicted octanol–water partition coefficient (Wildman–Crippen LogP) is 3.05. The number of hydrogen-bond acceptors (Lipinski definition) is 2. The van der Waals surface area contributed by atoms with E-state index in [2.05, 4.69) is 15.9 Å². The van der Waals surface area contributed by atoms with Gasteiger partial charge in [-0.3, -0.25) is 4.79 Å². The van der Waals surface area contributed by atoms with Gasteiger partial charge in [0, 0.05) is 10.9 Å². The third-order valence-electron chi connectivity index (χ3n) is 1.79. The Morgan fingerprint density at radius 3 is 2.93 bits per heavy atom. The Morgan fingerprint density at radius 2 is 2.29 bits per heavy atom. The van der Waals surface area contributed by atoms with Crippen LogP contribution < -0.4 is 4.74 Å². The van der Waals surface area contributed by atoms with Crippen LogP contribution in [-0.2, 0) is 0 Å². The first-order chi connectivity index (χ1) is 6.74. The van der Waals surface area contributed by atoms with Crippen LogP contribution in [0.1, 0.15) is 23.7 Å². The normalized spacial score (nSPS) is 9.86. The fraction of sp³-hybridized carbons (Fsp3) is 0.364. The number of benzene rings is 1. The van der Waals surface area contributed by atoms with E-state index in [1.54, 1.807) is 19.1 Å². The molecule has 0 heterocycles. The molecule has 14 heavy (non-hydrogen) atoms. The largest absolute Gasteiger partial charge is 0.494 e. The van der Waals surface area contributed by atoms with Crippen LogP contribution in [0.3, 0.4) is 0 Å². The average Bonchev–Trinajstić information content (AvgIpc) is 2.19. The van der Waals surface area contributed by atoms with Crippen molar-refractivity contribution in [1.29, 1.82) is 0 Å². The van der Waals surface area contributed by atoms with Gasteiger partial charge in [0.25, 0.3) is 0 Å². The maximum absolute atomic E-state index is 11.1. The van der Waals surface area contributed by atoms with Crippen molar-refractivity contribution in [3.8, 4) is 5.75 Å². The van der Waals surface area contributed by atoms with Gasteiger partial charge in [-0.1, -0.05) is 28.1 Å². The van der Waals surface area contributed by atoms with Crippen LogP contribution in [-0.4, -0.2) is 17.7 Å². The van der Waals surface area contributed by atoms with Gasteiger partial charge in [-0.05, 0) is 25.5 Å². The summed E-state index contributed by atoms with van der Waals surface area (Å²) in [5.41, 5.74) is 0.696. The second kappa shape index (κ2) is 5.81. The van der Waals surface area contributed by atoms with Crippen LogP contribution in [0.15, 0.2) is 24.3 Å². The highest BCUT2D eigenvalue weighted by Crippen LogP contribution is 2.13. The molecule has 0 bridgehead atoms. The van der Waals surface area contributed by atoms with Gasteiger partial charge >= 0.3 is 0 Å². The highest BCUT2D eigenvalue weighted by molar-refractivity contribution is 9.09. The van der Waals surface area contributed by atoms with E-state index < -0.39 is 0 Å².